The van der Waals surface area contributed by atoms with Crippen molar-refractivity contribution in [1.82, 2.24) is 20.2 Å². The Balaban J connectivity index is 1.86. The number of nitrogens with one attached hydrogen (secondary N) is 2. The van der Waals surface area contributed by atoms with Crippen LogP contribution >= 0.6 is 0 Å². The van der Waals surface area contributed by atoms with Crippen molar-refractivity contribution in [3.8, 4) is 0 Å². The quantitative estimate of drug-likeness (QED) is 0.701. The lowest BCUT2D eigenvalue weighted by molar-refractivity contribution is 0.177. The molecule has 1 fully saturated rings. The van der Waals surface area contributed by atoms with Crippen LogP contribution in [0.1, 0.15) is 11.7 Å². The van der Waals surface area contributed by atoms with E-state index < -0.39 is 0 Å². The summed E-state index contributed by atoms with van der Waals surface area (Å²) in [5, 5.41) is 3.33. The smallest absolute Gasteiger partial charge is 0.0931 e. The Bertz CT molecular complexity index is 500. The summed E-state index contributed by atoms with van der Waals surface area (Å²) in [6.45, 7) is 4.03. The molecule has 5 nitrogen and oxygen atoms in total. The molecule has 2 heterocycles. The number of hydrogen-bond donors (Lipinski definition) is 3. The number of fused-ring (bicyclic) bond motifs is 1. The highest BCUT2D eigenvalue weighted by Gasteiger charge is 2.18. The van der Waals surface area contributed by atoms with Crippen molar-refractivity contribution in [2.45, 2.75) is 6.17 Å². The first-order valence-electron chi connectivity index (χ1n) is 5.98. The summed E-state index contributed by atoms with van der Waals surface area (Å²) in [5.41, 5.74) is 9.47. The number of nitrogens with zero attached hydrogens (tertiary/aromatic N) is 2. The highest BCUT2D eigenvalue weighted by Crippen LogP contribution is 2.19. The van der Waals surface area contributed by atoms with E-state index in [1.807, 2.05) is 6.07 Å². The third-order valence-electron chi connectivity index (χ3n) is 3.33. The van der Waals surface area contributed by atoms with Gasteiger partial charge in [-0.15, -0.1) is 0 Å². The summed E-state index contributed by atoms with van der Waals surface area (Å²) < 4.78 is 0. The minimum Gasteiger partial charge on any atom is -0.345 e. The maximum Gasteiger partial charge on any atom is 0.0931 e. The fourth-order valence-corrected chi connectivity index (χ4v) is 2.31. The standard InChI is InChI=1S/C12H17N5/c13-12(17-5-3-14-4-6-17)9-1-2-10-11(7-9)16-8-15-10/h1-2,7-8,12,14H,3-6,13H2,(H,15,16). The molecule has 0 radical (unpaired) electrons. The lowest BCUT2D eigenvalue weighted by atomic mass is 10.1. The Labute approximate surface area is 100 Å². The molecule has 0 spiro atoms. The topological polar surface area (TPSA) is 70.0 Å². The fourth-order valence-electron chi connectivity index (χ4n) is 2.31. The SMILES string of the molecule is NC(c1ccc2nc[nH]c2c1)N1CCNCC1. The van der Waals surface area contributed by atoms with Crippen LogP contribution in [0.2, 0.25) is 0 Å². The molecule has 3 rings (SSSR count). The van der Waals surface area contributed by atoms with E-state index in [0.29, 0.717) is 0 Å². The molecule has 2 aromatic rings. The van der Waals surface area contributed by atoms with E-state index in [0.717, 1.165) is 42.8 Å². The van der Waals surface area contributed by atoms with Crippen molar-refractivity contribution in [1.29, 1.82) is 0 Å². The van der Waals surface area contributed by atoms with E-state index in [1.165, 1.54) is 0 Å². The minimum absolute atomic E-state index is 0.0233. The van der Waals surface area contributed by atoms with Gasteiger partial charge in [-0.3, -0.25) is 4.90 Å². The van der Waals surface area contributed by atoms with Crippen LogP contribution in [-0.2, 0) is 0 Å². The summed E-state index contributed by atoms with van der Waals surface area (Å²) >= 11 is 0. The van der Waals surface area contributed by atoms with E-state index in [4.69, 9.17) is 5.73 Å². The number of nitrogens with two attached hydrogens (primary N) is 1. The molecule has 0 amide bonds. The van der Waals surface area contributed by atoms with Crippen LogP contribution in [0, 0.1) is 0 Å². The van der Waals surface area contributed by atoms with E-state index >= 15 is 0 Å². The summed E-state index contributed by atoms with van der Waals surface area (Å²) in [6, 6.07) is 6.17. The second-order valence-corrected chi connectivity index (χ2v) is 4.41. The minimum atomic E-state index is -0.0233. The highest BCUT2D eigenvalue weighted by atomic mass is 15.3. The summed E-state index contributed by atoms with van der Waals surface area (Å²) in [4.78, 5) is 9.63. The first-order valence-corrected chi connectivity index (χ1v) is 5.98. The number of hydrogen-bond acceptors (Lipinski definition) is 4. The lowest BCUT2D eigenvalue weighted by Gasteiger charge is -2.32. The van der Waals surface area contributed by atoms with Crippen LogP contribution in [0.4, 0.5) is 0 Å². The van der Waals surface area contributed by atoms with Gasteiger partial charge < -0.3 is 16.0 Å². The van der Waals surface area contributed by atoms with Crippen molar-refractivity contribution in [2.24, 2.45) is 5.73 Å². The van der Waals surface area contributed by atoms with Crippen molar-refractivity contribution in [3.05, 3.63) is 30.1 Å². The Morgan fingerprint density at radius 3 is 2.94 bits per heavy atom. The van der Waals surface area contributed by atoms with Gasteiger partial charge in [0, 0.05) is 26.2 Å². The molecule has 1 atom stereocenters. The van der Waals surface area contributed by atoms with Crippen molar-refractivity contribution < 1.29 is 0 Å². The van der Waals surface area contributed by atoms with Crippen LogP contribution in [0.5, 0.6) is 0 Å². The maximum absolute atomic E-state index is 6.29. The maximum atomic E-state index is 6.29. The van der Waals surface area contributed by atoms with Gasteiger partial charge >= 0.3 is 0 Å². The van der Waals surface area contributed by atoms with Gasteiger partial charge in [0.05, 0.1) is 23.5 Å². The van der Waals surface area contributed by atoms with E-state index in [-0.39, 0.29) is 6.17 Å². The van der Waals surface area contributed by atoms with Gasteiger partial charge in [0.2, 0.25) is 0 Å². The zero-order valence-corrected chi connectivity index (χ0v) is 9.69. The van der Waals surface area contributed by atoms with Crippen LogP contribution in [0.3, 0.4) is 0 Å². The molecule has 1 unspecified atom stereocenters. The number of aromatic nitrogens is 2. The van der Waals surface area contributed by atoms with E-state index in [9.17, 15) is 0 Å². The fraction of sp³-hybridized carbons (Fsp3) is 0.417. The number of H-pyrrole nitrogens is 1. The third kappa shape index (κ3) is 2.04. The van der Waals surface area contributed by atoms with Crippen molar-refractivity contribution in [3.63, 3.8) is 0 Å². The Kier molecular flexibility index (Phi) is 2.80. The predicted octanol–water partition coefficient (Wildman–Crippen LogP) is 0.425. The van der Waals surface area contributed by atoms with Crippen LogP contribution in [-0.4, -0.2) is 41.0 Å². The third-order valence-corrected chi connectivity index (χ3v) is 3.33. The van der Waals surface area contributed by atoms with Gasteiger partial charge in [-0.1, -0.05) is 6.07 Å². The molecule has 0 saturated carbocycles. The first kappa shape index (κ1) is 10.7. The zero-order valence-electron chi connectivity index (χ0n) is 9.69. The molecular weight excluding hydrogens is 214 g/mol. The highest BCUT2D eigenvalue weighted by molar-refractivity contribution is 5.75. The average Bonchev–Trinajstić information content (AvgIpc) is 2.86. The van der Waals surface area contributed by atoms with Gasteiger partial charge in [-0.25, -0.2) is 4.98 Å². The molecule has 0 bridgehead atoms. The second kappa shape index (κ2) is 4.44. The van der Waals surface area contributed by atoms with Crippen LogP contribution < -0.4 is 11.1 Å². The summed E-state index contributed by atoms with van der Waals surface area (Å²) in [7, 11) is 0. The molecule has 4 N–H and O–H groups in total. The molecule has 1 aliphatic heterocycles. The second-order valence-electron chi connectivity index (χ2n) is 4.41. The lowest BCUT2D eigenvalue weighted by Crippen LogP contribution is -2.47. The summed E-state index contributed by atoms with van der Waals surface area (Å²) in [5.74, 6) is 0. The Morgan fingerprint density at radius 2 is 2.12 bits per heavy atom. The van der Waals surface area contributed by atoms with Gasteiger partial charge in [-0.2, -0.15) is 0 Å². The van der Waals surface area contributed by atoms with Crippen molar-refractivity contribution >= 4 is 11.0 Å². The van der Waals surface area contributed by atoms with Gasteiger partial charge in [-0.05, 0) is 17.7 Å². The molecule has 1 aromatic heterocycles. The number of benzene rings is 1. The predicted molar refractivity (Wildman–Crippen MR) is 67.5 cm³/mol. The largest absolute Gasteiger partial charge is 0.345 e. The summed E-state index contributed by atoms with van der Waals surface area (Å²) in [6.07, 6.45) is 1.69. The van der Waals surface area contributed by atoms with Gasteiger partial charge in [0.15, 0.2) is 0 Å². The Hall–Kier alpha value is -1.43. The molecule has 1 aromatic carbocycles. The molecule has 1 saturated heterocycles. The van der Waals surface area contributed by atoms with E-state index in [2.05, 4.69) is 32.3 Å². The van der Waals surface area contributed by atoms with Gasteiger partial charge in [0.25, 0.3) is 0 Å². The number of aromatic amines is 1. The van der Waals surface area contributed by atoms with Gasteiger partial charge in [0.1, 0.15) is 0 Å². The molecule has 1 aliphatic rings. The molecular formula is C12H17N5. The monoisotopic (exact) mass is 231 g/mol. The first-order chi connectivity index (χ1) is 8.34. The Morgan fingerprint density at radius 1 is 1.29 bits per heavy atom. The molecule has 90 valence electrons. The zero-order chi connectivity index (χ0) is 11.7. The van der Waals surface area contributed by atoms with Crippen molar-refractivity contribution in [2.75, 3.05) is 26.2 Å². The van der Waals surface area contributed by atoms with Crippen LogP contribution in [0.15, 0.2) is 24.5 Å². The number of imidazole rings is 1. The average molecular weight is 231 g/mol. The number of piperazine rings is 1. The molecule has 0 aliphatic carbocycles. The van der Waals surface area contributed by atoms with Crippen LogP contribution in [0.25, 0.3) is 11.0 Å². The number of rotatable bonds is 2. The molecule has 5 heteroatoms. The molecule has 17 heavy (non-hydrogen) atoms. The normalized spacial score (nSPS) is 19.6. The van der Waals surface area contributed by atoms with E-state index in [1.54, 1.807) is 6.33 Å².